The van der Waals surface area contributed by atoms with E-state index in [0.29, 0.717) is 5.02 Å². The Labute approximate surface area is 121 Å². The second-order valence-electron chi connectivity index (χ2n) is 4.72. The number of amides is 1. The van der Waals surface area contributed by atoms with Gasteiger partial charge in [-0.2, -0.15) is 0 Å². The highest BCUT2D eigenvalue weighted by molar-refractivity contribution is 7.10. The van der Waals surface area contributed by atoms with Gasteiger partial charge in [-0.15, -0.1) is 11.3 Å². The molecule has 1 aromatic heterocycles. The molecule has 1 N–H and O–H groups in total. The number of aryl methyl sites for hydroxylation is 1. The molecule has 2 nitrogen and oxygen atoms in total. The first-order valence-electron chi connectivity index (χ1n) is 6.40. The minimum atomic E-state index is -0.0262. The van der Waals surface area contributed by atoms with Crippen molar-refractivity contribution in [3.63, 3.8) is 0 Å². The molecule has 1 aliphatic carbocycles. The number of hydrogen-bond donors (Lipinski definition) is 1. The van der Waals surface area contributed by atoms with E-state index in [0.717, 1.165) is 24.1 Å². The smallest absolute Gasteiger partial charge is 0.256 e. The van der Waals surface area contributed by atoms with Crippen LogP contribution in [0.1, 0.15) is 33.6 Å². The average molecular weight is 292 g/mol. The third-order valence-electron chi connectivity index (χ3n) is 3.39. The quantitative estimate of drug-likeness (QED) is 0.865. The zero-order valence-corrected chi connectivity index (χ0v) is 12.0. The number of hydrogen-bond acceptors (Lipinski definition) is 2. The van der Waals surface area contributed by atoms with E-state index in [9.17, 15) is 4.79 Å². The minimum Gasteiger partial charge on any atom is -0.322 e. The molecule has 0 fully saturated rings. The third-order valence-corrected chi connectivity index (χ3v) is 4.71. The molecule has 2 aromatic rings. The van der Waals surface area contributed by atoms with Crippen LogP contribution in [0.5, 0.6) is 0 Å². The van der Waals surface area contributed by atoms with Crippen LogP contribution in [0.15, 0.2) is 29.6 Å². The molecule has 1 amide bonds. The summed E-state index contributed by atoms with van der Waals surface area (Å²) in [4.78, 5) is 13.7. The molecule has 0 bridgehead atoms. The van der Waals surface area contributed by atoms with Crippen LogP contribution in [0.25, 0.3) is 0 Å². The van der Waals surface area contributed by atoms with Crippen molar-refractivity contribution in [2.24, 2.45) is 0 Å². The Balaban J connectivity index is 1.83. The lowest BCUT2D eigenvalue weighted by molar-refractivity contribution is 0.102. The van der Waals surface area contributed by atoms with Gasteiger partial charge < -0.3 is 5.32 Å². The first-order valence-corrected chi connectivity index (χ1v) is 7.66. The van der Waals surface area contributed by atoms with Gasteiger partial charge in [0.15, 0.2) is 0 Å². The van der Waals surface area contributed by atoms with Crippen molar-refractivity contribution in [1.82, 2.24) is 0 Å². The predicted octanol–water partition coefficient (Wildman–Crippen LogP) is 4.53. The molecule has 0 aliphatic heterocycles. The highest BCUT2D eigenvalue weighted by atomic mass is 35.5. The Morgan fingerprint density at radius 2 is 2.11 bits per heavy atom. The summed E-state index contributed by atoms with van der Waals surface area (Å²) in [5.74, 6) is -0.0262. The van der Waals surface area contributed by atoms with Crippen molar-refractivity contribution in [3.8, 4) is 0 Å². The van der Waals surface area contributed by atoms with Crippen LogP contribution in [0, 0.1) is 0 Å². The number of thiophene rings is 1. The molecule has 0 spiro atoms. The lowest BCUT2D eigenvalue weighted by Gasteiger charge is -2.12. The monoisotopic (exact) mass is 291 g/mol. The Kier molecular flexibility index (Phi) is 3.58. The van der Waals surface area contributed by atoms with Crippen LogP contribution in [0.3, 0.4) is 0 Å². The molecule has 3 rings (SSSR count). The second kappa shape index (κ2) is 5.35. The summed E-state index contributed by atoms with van der Waals surface area (Å²) in [5.41, 5.74) is 2.82. The largest absolute Gasteiger partial charge is 0.322 e. The van der Waals surface area contributed by atoms with Gasteiger partial charge >= 0.3 is 0 Å². The van der Waals surface area contributed by atoms with Crippen LogP contribution < -0.4 is 5.32 Å². The summed E-state index contributed by atoms with van der Waals surface area (Å²) in [5, 5.41) is 5.53. The van der Waals surface area contributed by atoms with Crippen molar-refractivity contribution < 1.29 is 4.79 Å². The number of benzene rings is 1. The maximum absolute atomic E-state index is 12.3. The number of rotatable bonds is 2. The van der Waals surface area contributed by atoms with E-state index in [1.807, 2.05) is 17.5 Å². The molecule has 1 heterocycles. The van der Waals surface area contributed by atoms with Gasteiger partial charge in [-0.1, -0.05) is 17.7 Å². The average Bonchev–Trinajstić information content (AvgIpc) is 2.82. The van der Waals surface area contributed by atoms with E-state index >= 15 is 0 Å². The molecule has 0 saturated heterocycles. The fraction of sp³-hybridized carbons (Fsp3) is 0.267. The lowest BCUT2D eigenvalue weighted by Crippen LogP contribution is -2.14. The number of fused-ring (bicyclic) bond motifs is 1. The number of carbonyl (C=O) groups is 1. The van der Waals surface area contributed by atoms with Crippen molar-refractivity contribution >= 4 is 34.5 Å². The molecule has 0 atom stereocenters. The van der Waals surface area contributed by atoms with Crippen molar-refractivity contribution in [1.29, 1.82) is 0 Å². The second-order valence-corrected chi connectivity index (χ2v) is 6.12. The number of carbonyl (C=O) groups excluding carboxylic acids is 1. The van der Waals surface area contributed by atoms with Gasteiger partial charge in [0.05, 0.1) is 5.56 Å². The van der Waals surface area contributed by atoms with Gasteiger partial charge in [-0.3, -0.25) is 4.79 Å². The first-order chi connectivity index (χ1) is 9.24. The number of anilines is 1. The van der Waals surface area contributed by atoms with Crippen LogP contribution >= 0.6 is 22.9 Å². The fourth-order valence-electron chi connectivity index (χ4n) is 2.45. The van der Waals surface area contributed by atoms with Gasteiger partial charge in [0, 0.05) is 21.0 Å². The number of halogens is 1. The molecular weight excluding hydrogens is 278 g/mol. The highest BCUT2D eigenvalue weighted by Gasteiger charge is 2.20. The molecule has 0 radical (unpaired) electrons. The molecule has 4 heteroatoms. The molecule has 1 aliphatic rings. The van der Waals surface area contributed by atoms with Crippen LogP contribution in [-0.2, 0) is 12.8 Å². The SMILES string of the molecule is O=C(Nc1cccc(Cl)c1)c1csc2c1CCCC2. The molecule has 1 aromatic carbocycles. The molecule has 0 unspecified atom stereocenters. The minimum absolute atomic E-state index is 0.0262. The van der Waals surface area contributed by atoms with E-state index in [1.54, 1.807) is 23.5 Å². The van der Waals surface area contributed by atoms with Crippen LogP contribution in [-0.4, -0.2) is 5.91 Å². The normalized spacial score (nSPS) is 13.9. The zero-order valence-electron chi connectivity index (χ0n) is 10.4. The summed E-state index contributed by atoms with van der Waals surface area (Å²) >= 11 is 7.63. The Morgan fingerprint density at radius 3 is 2.95 bits per heavy atom. The summed E-state index contributed by atoms with van der Waals surface area (Å²) < 4.78 is 0. The van der Waals surface area contributed by atoms with E-state index < -0.39 is 0 Å². The molecular formula is C15H14ClNOS. The van der Waals surface area contributed by atoms with Gasteiger partial charge in [0.2, 0.25) is 0 Å². The molecule has 98 valence electrons. The third kappa shape index (κ3) is 2.67. The van der Waals surface area contributed by atoms with Gasteiger partial charge in [-0.25, -0.2) is 0 Å². The predicted molar refractivity (Wildman–Crippen MR) is 80.4 cm³/mol. The summed E-state index contributed by atoms with van der Waals surface area (Å²) in [6.07, 6.45) is 4.56. The van der Waals surface area contributed by atoms with E-state index in [2.05, 4.69) is 5.32 Å². The standard InChI is InChI=1S/C15H14ClNOS/c16-10-4-3-5-11(8-10)17-15(18)13-9-19-14-7-2-1-6-12(13)14/h3-5,8-9H,1-2,6-7H2,(H,17,18). The zero-order chi connectivity index (χ0) is 13.2. The Morgan fingerprint density at radius 1 is 1.26 bits per heavy atom. The summed E-state index contributed by atoms with van der Waals surface area (Å²) in [6, 6.07) is 7.24. The van der Waals surface area contributed by atoms with Gasteiger partial charge in [0.25, 0.3) is 5.91 Å². The molecule has 19 heavy (non-hydrogen) atoms. The van der Waals surface area contributed by atoms with Crippen molar-refractivity contribution in [2.45, 2.75) is 25.7 Å². The number of nitrogens with one attached hydrogen (secondary N) is 1. The molecule has 0 saturated carbocycles. The highest BCUT2D eigenvalue weighted by Crippen LogP contribution is 2.30. The maximum Gasteiger partial charge on any atom is 0.256 e. The lowest BCUT2D eigenvalue weighted by atomic mass is 9.95. The maximum atomic E-state index is 12.3. The Bertz CT molecular complexity index is 620. The van der Waals surface area contributed by atoms with E-state index in [4.69, 9.17) is 11.6 Å². The van der Waals surface area contributed by atoms with E-state index in [1.165, 1.54) is 23.3 Å². The summed E-state index contributed by atoms with van der Waals surface area (Å²) in [6.45, 7) is 0. The summed E-state index contributed by atoms with van der Waals surface area (Å²) in [7, 11) is 0. The van der Waals surface area contributed by atoms with Crippen molar-refractivity contribution in [3.05, 3.63) is 50.7 Å². The van der Waals surface area contributed by atoms with Crippen LogP contribution in [0.4, 0.5) is 5.69 Å². The topological polar surface area (TPSA) is 29.1 Å². The van der Waals surface area contributed by atoms with E-state index in [-0.39, 0.29) is 5.91 Å². The van der Waals surface area contributed by atoms with Gasteiger partial charge in [0.1, 0.15) is 0 Å². The van der Waals surface area contributed by atoms with Crippen LogP contribution in [0.2, 0.25) is 5.02 Å². The van der Waals surface area contributed by atoms with Crippen molar-refractivity contribution in [2.75, 3.05) is 5.32 Å². The first kappa shape index (κ1) is 12.7. The Hall–Kier alpha value is -1.32. The fourth-order valence-corrected chi connectivity index (χ4v) is 3.77. The van der Waals surface area contributed by atoms with Gasteiger partial charge in [-0.05, 0) is 49.4 Å².